The van der Waals surface area contributed by atoms with Crippen molar-refractivity contribution in [2.75, 3.05) is 0 Å². The predicted octanol–water partition coefficient (Wildman–Crippen LogP) is 5.23. The lowest BCUT2D eigenvalue weighted by atomic mass is 10.1. The zero-order valence-corrected chi connectivity index (χ0v) is 19.4. The lowest BCUT2D eigenvalue weighted by molar-refractivity contribution is -0.138. The first-order chi connectivity index (χ1) is 16.6. The predicted molar refractivity (Wildman–Crippen MR) is 124 cm³/mol. The Morgan fingerprint density at radius 3 is 2.69 bits per heavy atom. The van der Waals surface area contributed by atoms with Crippen molar-refractivity contribution in [2.24, 2.45) is 5.92 Å². The molecule has 1 saturated heterocycles. The lowest BCUT2D eigenvalue weighted by Gasteiger charge is -2.14. The largest absolute Gasteiger partial charge is 0.416 e. The second-order valence-electron chi connectivity index (χ2n) is 8.19. The molecule has 1 saturated carbocycles. The monoisotopic (exact) mass is 520 g/mol. The molecular formula is C23H16ClF3N4O3S. The summed E-state index contributed by atoms with van der Waals surface area (Å²) >= 11 is 6.47. The van der Waals surface area contributed by atoms with Crippen LogP contribution in [0.1, 0.15) is 29.5 Å². The molecule has 1 N–H and O–H groups in total. The summed E-state index contributed by atoms with van der Waals surface area (Å²) in [5.41, 5.74) is 2.75. The fourth-order valence-electron chi connectivity index (χ4n) is 3.70. The number of alkyl halides is 3. The highest BCUT2D eigenvalue weighted by atomic mass is 35.5. The second-order valence-corrected chi connectivity index (χ2v) is 9.62. The number of fused-ring (bicyclic) bond motifs is 1. The van der Waals surface area contributed by atoms with Gasteiger partial charge in [0.15, 0.2) is 0 Å². The van der Waals surface area contributed by atoms with Crippen LogP contribution in [0, 0.1) is 5.92 Å². The van der Waals surface area contributed by atoms with Crippen molar-refractivity contribution in [3.05, 3.63) is 69.2 Å². The maximum atomic E-state index is 13.4. The van der Waals surface area contributed by atoms with Gasteiger partial charge in [-0.2, -0.15) is 23.3 Å². The highest BCUT2D eigenvalue weighted by Crippen LogP contribution is 2.35. The molecule has 0 radical (unpaired) electrons. The van der Waals surface area contributed by atoms with Crippen molar-refractivity contribution in [3.8, 4) is 0 Å². The number of benzene rings is 2. The van der Waals surface area contributed by atoms with Crippen molar-refractivity contribution in [2.45, 2.75) is 25.6 Å². The summed E-state index contributed by atoms with van der Waals surface area (Å²) in [6.07, 6.45) is -0.0525. The van der Waals surface area contributed by atoms with Crippen LogP contribution in [0.15, 0.2) is 47.5 Å². The van der Waals surface area contributed by atoms with E-state index in [1.54, 1.807) is 18.2 Å². The molecule has 3 aromatic rings. The summed E-state index contributed by atoms with van der Waals surface area (Å²) in [6, 6.07) is 8.67. The molecule has 1 aliphatic carbocycles. The Bertz CT molecular complexity index is 1410. The third-order valence-corrected chi connectivity index (χ3v) is 6.73. The van der Waals surface area contributed by atoms with E-state index in [9.17, 15) is 27.6 Å². The van der Waals surface area contributed by atoms with Crippen LogP contribution in [0.2, 0.25) is 5.02 Å². The third kappa shape index (κ3) is 4.78. The van der Waals surface area contributed by atoms with Gasteiger partial charge in [-0.25, -0.2) is 0 Å². The number of nitrogens with one attached hydrogen (secondary N) is 1. The molecule has 1 aromatic heterocycles. The third-order valence-electron chi connectivity index (χ3n) is 5.62. The number of imide groups is 1. The van der Waals surface area contributed by atoms with Gasteiger partial charge in [0.25, 0.3) is 5.91 Å². The average molecular weight is 521 g/mol. The number of carbonyl (C=O) groups excluding carboxylic acids is 3. The molecule has 2 fully saturated rings. The van der Waals surface area contributed by atoms with Gasteiger partial charge in [0, 0.05) is 16.3 Å². The van der Waals surface area contributed by atoms with E-state index in [0.29, 0.717) is 28.2 Å². The fourth-order valence-corrected chi connectivity index (χ4v) is 4.65. The Morgan fingerprint density at radius 2 is 1.97 bits per heavy atom. The molecule has 0 spiro atoms. The normalized spacial score (nSPS) is 17.6. The number of hydrogen-bond acceptors (Lipinski definition) is 5. The van der Waals surface area contributed by atoms with E-state index in [4.69, 9.17) is 11.6 Å². The van der Waals surface area contributed by atoms with Crippen molar-refractivity contribution in [1.29, 1.82) is 0 Å². The highest BCUT2D eigenvalue weighted by Gasteiger charge is 2.39. The van der Waals surface area contributed by atoms with E-state index >= 15 is 0 Å². The molecule has 35 heavy (non-hydrogen) atoms. The fraction of sp³-hybridized carbons (Fsp3) is 0.217. The summed E-state index contributed by atoms with van der Waals surface area (Å²) in [7, 11) is 0. The van der Waals surface area contributed by atoms with Gasteiger partial charge in [-0.05, 0) is 66.1 Å². The molecule has 2 heterocycles. The standard InChI is InChI=1S/C23H16ClF3N4O3S/c24-16-5-4-14(17(9-16)23(25,26)27)11-30-18-6-1-12(7-15(18)10-28-30)8-19-21(33)31(22(34)35-19)29-20(32)13-2-3-13/h1,4-10,13H,2-3,11H2,(H,29,32)/b19-8-. The van der Waals surface area contributed by atoms with Gasteiger partial charge in [0.05, 0.1) is 28.7 Å². The molecule has 0 unspecified atom stereocenters. The van der Waals surface area contributed by atoms with E-state index in [2.05, 4.69) is 10.5 Å². The van der Waals surface area contributed by atoms with Crippen LogP contribution in [0.5, 0.6) is 0 Å². The molecule has 2 aliphatic rings. The van der Waals surface area contributed by atoms with Crippen LogP contribution in [-0.4, -0.2) is 31.8 Å². The van der Waals surface area contributed by atoms with E-state index in [0.717, 1.165) is 23.9 Å². The second kappa shape index (κ2) is 8.72. The molecule has 1 aliphatic heterocycles. The maximum Gasteiger partial charge on any atom is 0.416 e. The van der Waals surface area contributed by atoms with Crippen LogP contribution >= 0.6 is 23.4 Å². The van der Waals surface area contributed by atoms with Gasteiger partial charge in [-0.1, -0.05) is 23.7 Å². The number of amides is 3. The SMILES string of the molecule is O=C(NN1C(=O)S/C(=C\c2ccc3c(cnn3Cc3ccc(Cl)cc3C(F)(F)F)c2)C1=O)C1CC1. The van der Waals surface area contributed by atoms with Gasteiger partial charge in [-0.3, -0.25) is 24.5 Å². The van der Waals surface area contributed by atoms with Crippen molar-refractivity contribution >= 4 is 57.4 Å². The molecule has 0 bridgehead atoms. The van der Waals surface area contributed by atoms with Gasteiger partial charge in [-0.15, -0.1) is 0 Å². The van der Waals surface area contributed by atoms with E-state index in [-0.39, 0.29) is 33.9 Å². The maximum absolute atomic E-state index is 13.4. The Hall–Kier alpha value is -3.31. The topological polar surface area (TPSA) is 84.3 Å². The summed E-state index contributed by atoms with van der Waals surface area (Å²) < 4.78 is 41.8. The van der Waals surface area contributed by atoms with Crippen LogP contribution in [-0.2, 0) is 22.3 Å². The molecule has 12 heteroatoms. The van der Waals surface area contributed by atoms with Crippen LogP contribution in [0.3, 0.4) is 0 Å². The zero-order valence-electron chi connectivity index (χ0n) is 17.8. The Balaban J connectivity index is 1.38. The van der Waals surface area contributed by atoms with Gasteiger partial charge >= 0.3 is 11.4 Å². The van der Waals surface area contributed by atoms with Crippen molar-refractivity contribution < 1.29 is 27.6 Å². The van der Waals surface area contributed by atoms with Gasteiger partial charge in [0.2, 0.25) is 5.91 Å². The minimum Gasteiger partial charge on any atom is -0.273 e. The number of halogens is 4. The molecular weight excluding hydrogens is 505 g/mol. The first-order valence-electron chi connectivity index (χ1n) is 10.5. The Labute approximate surface area is 205 Å². The lowest BCUT2D eigenvalue weighted by Crippen LogP contribution is -2.45. The minimum atomic E-state index is -4.56. The number of carbonyl (C=O) groups is 3. The number of hydrazine groups is 1. The summed E-state index contributed by atoms with van der Waals surface area (Å²) in [5, 5.41) is 4.98. The smallest absolute Gasteiger partial charge is 0.273 e. The molecule has 3 amide bonds. The quantitative estimate of drug-likeness (QED) is 0.465. The van der Waals surface area contributed by atoms with Gasteiger partial charge < -0.3 is 0 Å². The molecule has 5 rings (SSSR count). The van der Waals surface area contributed by atoms with Crippen molar-refractivity contribution in [3.63, 3.8) is 0 Å². The molecule has 2 aromatic carbocycles. The average Bonchev–Trinajstić information content (AvgIpc) is 3.53. The molecule has 7 nitrogen and oxygen atoms in total. The molecule has 180 valence electrons. The number of aromatic nitrogens is 2. The van der Waals surface area contributed by atoms with E-state index < -0.39 is 22.9 Å². The zero-order chi connectivity index (χ0) is 24.9. The van der Waals surface area contributed by atoms with Crippen LogP contribution in [0.4, 0.5) is 18.0 Å². The number of nitrogens with zero attached hydrogens (tertiary/aromatic N) is 3. The molecule has 0 atom stereocenters. The Kier molecular flexibility index (Phi) is 5.84. The summed E-state index contributed by atoms with van der Waals surface area (Å²) in [5.74, 6) is -1.13. The minimum absolute atomic E-state index is 0.00689. The van der Waals surface area contributed by atoms with E-state index in [1.165, 1.54) is 29.1 Å². The summed E-state index contributed by atoms with van der Waals surface area (Å²) in [6.45, 7) is -0.117. The number of hydrogen-bond donors (Lipinski definition) is 1. The Morgan fingerprint density at radius 1 is 1.20 bits per heavy atom. The van der Waals surface area contributed by atoms with E-state index in [1.807, 2.05) is 0 Å². The number of thioether (sulfide) groups is 1. The van der Waals surface area contributed by atoms with Crippen molar-refractivity contribution in [1.82, 2.24) is 20.2 Å². The number of rotatable bonds is 5. The van der Waals surface area contributed by atoms with Crippen LogP contribution in [0.25, 0.3) is 17.0 Å². The summed E-state index contributed by atoms with van der Waals surface area (Å²) in [4.78, 5) is 36.8. The highest BCUT2D eigenvalue weighted by molar-refractivity contribution is 8.18. The first-order valence-corrected chi connectivity index (χ1v) is 11.7. The van der Waals surface area contributed by atoms with Crippen LogP contribution < -0.4 is 5.43 Å². The van der Waals surface area contributed by atoms with Gasteiger partial charge in [0.1, 0.15) is 0 Å². The first kappa shape index (κ1) is 23.4.